The zero-order valence-electron chi connectivity index (χ0n) is 12.2. The SMILES string of the molecule is CCCCCCCCCCCC(O)C1CCOC1. The predicted octanol–water partition coefficient (Wildman–Crippen LogP) is 4.30. The van der Waals surface area contributed by atoms with E-state index in [1.54, 1.807) is 0 Å². The lowest BCUT2D eigenvalue weighted by Crippen LogP contribution is -2.20. The normalized spacial score (nSPS) is 21.3. The van der Waals surface area contributed by atoms with Gasteiger partial charge in [-0.2, -0.15) is 0 Å². The molecule has 0 spiro atoms. The second kappa shape index (κ2) is 10.8. The molecule has 0 aromatic rings. The van der Waals surface area contributed by atoms with Crippen LogP contribution in [0.15, 0.2) is 0 Å². The standard InChI is InChI=1S/C16H32O2/c1-2-3-4-5-6-7-8-9-10-11-16(17)15-12-13-18-14-15/h15-17H,2-14H2,1H3. The molecular weight excluding hydrogens is 224 g/mol. The Morgan fingerprint density at radius 3 is 2.17 bits per heavy atom. The molecule has 0 aromatic carbocycles. The largest absolute Gasteiger partial charge is 0.393 e. The highest BCUT2D eigenvalue weighted by Gasteiger charge is 2.23. The van der Waals surface area contributed by atoms with Gasteiger partial charge in [-0.15, -0.1) is 0 Å². The number of aliphatic hydroxyl groups excluding tert-OH is 1. The molecule has 0 bridgehead atoms. The first-order valence-corrected chi connectivity index (χ1v) is 8.10. The van der Waals surface area contributed by atoms with Gasteiger partial charge in [-0.1, -0.05) is 64.7 Å². The summed E-state index contributed by atoms with van der Waals surface area (Å²) < 4.78 is 5.31. The van der Waals surface area contributed by atoms with Crippen molar-refractivity contribution in [2.75, 3.05) is 13.2 Å². The summed E-state index contributed by atoms with van der Waals surface area (Å²) in [4.78, 5) is 0. The Morgan fingerprint density at radius 1 is 1.00 bits per heavy atom. The van der Waals surface area contributed by atoms with E-state index >= 15 is 0 Å². The number of hydrogen-bond donors (Lipinski definition) is 1. The van der Waals surface area contributed by atoms with Gasteiger partial charge in [0.25, 0.3) is 0 Å². The van der Waals surface area contributed by atoms with E-state index in [4.69, 9.17) is 4.74 Å². The maximum absolute atomic E-state index is 9.97. The number of hydrogen-bond acceptors (Lipinski definition) is 2. The third-order valence-electron chi connectivity index (χ3n) is 4.11. The number of rotatable bonds is 11. The Morgan fingerprint density at radius 2 is 1.61 bits per heavy atom. The number of aliphatic hydroxyl groups is 1. The summed E-state index contributed by atoms with van der Waals surface area (Å²) in [7, 11) is 0. The van der Waals surface area contributed by atoms with Gasteiger partial charge in [0.2, 0.25) is 0 Å². The smallest absolute Gasteiger partial charge is 0.0591 e. The van der Waals surface area contributed by atoms with E-state index in [0.717, 1.165) is 26.1 Å². The van der Waals surface area contributed by atoms with Crippen LogP contribution in [-0.2, 0) is 4.74 Å². The minimum Gasteiger partial charge on any atom is -0.393 e. The summed E-state index contributed by atoms with van der Waals surface area (Å²) in [5.74, 6) is 0.416. The molecule has 2 unspecified atom stereocenters. The van der Waals surface area contributed by atoms with Crippen molar-refractivity contribution >= 4 is 0 Å². The van der Waals surface area contributed by atoms with Crippen LogP contribution in [0.4, 0.5) is 0 Å². The van der Waals surface area contributed by atoms with Crippen LogP contribution in [0.2, 0.25) is 0 Å². The molecule has 2 atom stereocenters. The van der Waals surface area contributed by atoms with Crippen molar-refractivity contribution in [1.82, 2.24) is 0 Å². The van der Waals surface area contributed by atoms with Crippen LogP contribution in [0, 0.1) is 5.92 Å². The van der Waals surface area contributed by atoms with Gasteiger partial charge in [-0.05, 0) is 12.8 Å². The van der Waals surface area contributed by atoms with E-state index in [9.17, 15) is 5.11 Å². The van der Waals surface area contributed by atoms with Gasteiger partial charge in [0.1, 0.15) is 0 Å². The molecule has 1 rings (SSSR count). The third kappa shape index (κ3) is 7.38. The molecule has 1 heterocycles. The first kappa shape index (κ1) is 16.0. The number of unbranched alkanes of at least 4 members (excludes halogenated alkanes) is 8. The summed E-state index contributed by atoms with van der Waals surface area (Å²) in [6, 6.07) is 0. The van der Waals surface area contributed by atoms with Crippen LogP contribution >= 0.6 is 0 Å². The Hall–Kier alpha value is -0.0800. The molecular formula is C16H32O2. The molecule has 1 aliphatic heterocycles. The van der Waals surface area contributed by atoms with Crippen molar-refractivity contribution in [3.8, 4) is 0 Å². The molecule has 18 heavy (non-hydrogen) atoms. The Labute approximate surface area is 113 Å². The lowest BCUT2D eigenvalue weighted by Gasteiger charge is -2.15. The van der Waals surface area contributed by atoms with Gasteiger partial charge in [-0.25, -0.2) is 0 Å². The van der Waals surface area contributed by atoms with Crippen LogP contribution in [-0.4, -0.2) is 24.4 Å². The minimum atomic E-state index is -0.114. The quantitative estimate of drug-likeness (QED) is 0.558. The molecule has 1 N–H and O–H groups in total. The summed E-state index contributed by atoms with van der Waals surface area (Å²) >= 11 is 0. The van der Waals surface area contributed by atoms with Crippen molar-refractivity contribution < 1.29 is 9.84 Å². The van der Waals surface area contributed by atoms with Crippen molar-refractivity contribution in [3.05, 3.63) is 0 Å². The first-order valence-electron chi connectivity index (χ1n) is 8.10. The highest BCUT2D eigenvalue weighted by Crippen LogP contribution is 2.21. The fourth-order valence-electron chi connectivity index (χ4n) is 2.76. The fraction of sp³-hybridized carbons (Fsp3) is 1.00. The van der Waals surface area contributed by atoms with Crippen LogP contribution in [0.5, 0.6) is 0 Å². The van der Waals surface area contributed by atoms with E-state index in [1.165, 1.54) is 57.8 Å². The van der Waals surface area contributed by atoms with Gasteiger partial charge < -0.3 is 9.84 Å². The van der Waals surface area contributed by atoms with Crippen molar-refractivity contribution in [3.63, 3.8) is 0 Å². The Kier molecular flexibility index (Phi) is 9.59. The lowest BCUT2D eigenvalue weighted by atomic mass is 9.96. The minimum absolute atomic E-state index is 0.114. The monoisotopic (exact) mass is 256 g/mol. The van der Waals surface area contributed by atoms with Crippen molar-refractivity contribution in [2.24, 2.45) is 5.92 Å². The summed E-state index contributed by atoms with van der Waals surface area (Å²) in [5.41, 5.74) is 0. The molecule has 2 nitrogen and oxygen atoms in total. The third-order valence-corrected chi connectivity index (χ3v) is 4.11. The van der Waals surface area contributed by atoms with Gasteiger partial charge >= 0.3 is 0 Å². The molecule has 0 aliphatic carbocycles. The Balaban J connectivity index is 1.80. The summed E-state index contributed by atoms with van der Waals surface area (Å²) in [6.45, 7) is 3.89. The summed E-state index contributed by atoms with van der Waals surface area (Å²) in [6.07, 6.45) is 14.1. The Bertz CT molecular complexity index is 176. The molecule has 108 valence electrons. The van der Waals surface area contributed by atoms with E-state index in [-0.39, 0.29) is 6.10 Å². The van der Waals surface area contributed by atoms with Crippen molar-refractivity contribution in [2.45, 2.75) is 83.7 Å². The molecule has 0 amide bonds. The second-order valence-corrected chi connectivity index (χ2v) is 5.81. The molecule has 1 saturated heterocycles. The fourth-order valence-corrected chi connectivity index (χ4v) is 2.76. The highest BCUT2D eigenvalue weighted by molar-refractivity contribution is 4.72. The van der Waals surface area contributed by atoms with Crippen LogP contribution in [0.25, 0.3) is 0 Å². The molecule has 0 saturated carbocycles. The van der Waals surface area contributed by atoms with Crippen LogP contribution < -0.4 is 0 Å². The van der Waals surface area contributed by atoms with Crippen LogP contribution in [0.3, 0.4) is 0 Å². The maximum Gasteiger partial charge on any atom is 0.0591 e. The second-order valence-electron chi connectivity index (χ2n) is 5.81. The average molecular weight is 256 g/mol. The topological polar surface area (TPSA) is 29.5 Å². The zero-order valence-corrected chi connectivity index (χ0v) is 12.2. The molecule has 1 aliphatic rings. The molecule has 1 fully saturated rings. The zero-order chi connectivity index (χ0) is 13.1. The van der Waals surface area contributed by atoms with Gasteiger partial charge in [0.15, 0.2) is 0 Å². The van der Waals surface area contributed by atoms with Gasteiger partial charge in [0.05, 0.1) is 12.7 Å². The molecule has 2 heteroatoms. The van der Waals surface area contributed by atoms with E-state index in [1.807, 2.05) is 0 Å². The first-order chi connectivity index (χ1) is 8.84. The molecule has 0 radical (unpaired) electrons. The van der Waals surface area contributed by atoms with Gasteiger partial charge in [0, 0.05) is 12.5 Å². The van der Waals surface area contributed by atoms with Crippen molar-refractivity contribution in [1.29, 1.82) is 0 Å². The predicted molar refractivity (Wildman–Crippen MR) is 76.8 cm³/mol. The van der Waals surface area contributed by atoms with E-state index in [0.29, 0.717) is 5.92 Å². The highest BCUT2D eigenvalue weighted by atomic mass is 16.5. The average Bonchev–Trinajstić information content (AvgIpc) is 2.90. The van der Waals surface area contributed by atoms with Gasteiger partial charge in [-0.3, -0.25) is 0 Å². The van der Waals surface area contributed by atoms with Crippen LogP contribution in [0.1, 0.15) is 77.6 Å². The number of ether oxygens (including phenoxy) is 1. The van der Waals surface area contributed by atoms with E-state index < -0.39 is 0 Å². The maximum atomic E-state index is 9.97. The summed E-state index contributed by atoms with van der Waals surface area (Å²) in [5, 5.41) is 9.97. The molecule has 0 aromatic heterocycles. The lowest BCUT2D eigenvalue weighted by molar-refractivity contribution is 0.0825. The van der Waals surface area contributed by atoms with E-state index in [2.05, 4.69) is 6.92 Å².